The van der Waals surface area contributed by atoms with Gasteiger partial charge in [0, 0.05) is 0 Å². The molecule has 0 amide bonds. The van der Waals surface area contributed by atoms with Crippen molar-refractivity contribution >= 4 is 10.1 Å². The maximum absolute atomic E-state index is 12.4. The van der Waals surface area contributed by atoms with E-state index < -0.39 is 10.1 Å². The lowest BCUT2D eigenvalue weighted by Gasteiger charge is -2.36. The van der Waals surface area contributed by atoms with Crippen LogP contribution in [-0.4, -0.2) is 14.5 Å². The molecule has 3 atom stereocenters. The minimum absolute atomic E-state index is 0.191. The highest BCUT2D eigenvalue weighted by molar-refractivity contribution is 7.86. The molecule has 3 nitrogen and oxygen atoms in total. The second-order valence-electron chi connectivity index (χ2n) is 6.23. The molecule has 1 aliphatic rings. The van der Waals surface area contributed by atoms with Gasteiger partial charge in [0.1, 0.15) is 0 Å². The summed E-state index contributed by atoms with van der Waals surface area (Å²) in [5.41, 5.74) is 0. The van der Waals surface area contributed by atoms with E-state index in [9.17, 15) is 8.42 Å². The predicted molar refractivity (Wildman–Crippen MR) is 79.8 cm³/mol. The average molecular weight is 296 g/mol. The van der Waals surface area contributed by atoms with Crippen LogP contribution in [0.1, 0.15) is 40.0 Å². The second kappa shape index (κ2) is 6.27. The summed E-state index contributed by atoms with van der Waals surface area (Å²) < 4.78 is 30.3. The van der Waals surface area contributed by atoms with Crippen molar-refractivity contribution in [1.29, 1.82) is 0 Å². The van der Waals surface area contributed by atoms with Gasteiger partial charge in [-0.2, -0.15) is 8.42 Å². The fourth-order valence-electron chi connectivity index (χ4n) is 3.03. The molecule has 0 N–H and O–H groups in total. The van der Waals surface area contributed by atoms with Crippen molar-refractivity contribution in [3.05, 3.63) is 30.3 Å². The maximum Gasteiger partial charge on any atom is 0.297 e. The van der Waals surface area contributed by atoms with E-state index >= 15 is 0 Å². The summed E-state index contributed by atoms with van der Waals surface area (Å²) >= 11 is 0. The summed E-state index contributed by atoms with van der Waals surface area (Å²) in [6.45, 7) is 6.46. The van der Waals surface area contributed by atoms with Crippen LogP contribution in [0.5, 0.6) is 0 Å². The Morgan fingerprint density at radius 3 is 2.40 bits per heavy atom. The van der Waals surface area contributed by atoms with Gasteiger partial charge < -0.3 is 0 Å². The van der Waals surface area contributed by atoms with Crippen LogP contribution >= 0.6 is 0 Å². The van der Waals surface area contributed by atoms with Crippen LogP contribution in [-0.2, 0) is 14.3 Å². The molecular weight excluding hydrogens is 272 g/mol. The van der Waals surface area contributed by atoms with E-state index in [2.05, 4.69) is 20.8 Å². The van der Waals surface area contributed by atoms with Crippen LogP contribution in [0.2, 0.25) is 0 Å². The van der Waals surface area contributed by atoms with Crippen molar-refractivity contribution < 1.29 is 12.6 Å². The molecule has 0 bridgehead atoms. The highest BCUT2D eigenvalue weighted by Gasteiger charge is 2.35. The molecular formula is C16H24O3S. The molecule has 0 heterocycles. The molecule has 4 heteroatoms. The highest BCUT2D eigenvalue weighted by Crippen LogP contribution is 2.36. The van der Waals surface area contributed by atoms with Crippen LogP contribution < -0.4 is 0 Å². The topological polar surface area (TPSA) is 43.4 Å². The Morgan fingerprint density at radius 2 is 1.80 bits per heavy atom. The summed E-state index contributed by atoms with van der Waals surface area (Å²) in [6, 6.07) is 8.43. The average Bonchev–Trinajstić information content (AvgIpc) is 2.39. The maximum atomic E-state index is 12.4. The van der Waals surface area contributed by atoms with Crippen molar-refractivity contribution in [2.24, 2.45) is 17.8 Å². The molecule has 1 aromatic rings. The van der Waals surface area contributed by atoms with Crippen molar-refractivity contribution in [1.82, 2.24) is 0 Å². The van der Waals surface area contributed by atoms with Crippen molar-refractivity contribution in [2.45, 2.75) is 51.0 Å². The molecule has 0 unspecified atom stereocenters. The largest absolute Gasteiger partial charge is 0.297 e. The molecule has 1 saturated carbocycles. The van der Waals surface area contributed by atoms with E-state index in [0.717, 1.165) is 19.3 Å². The third-order valence-corrected chi connectivity index (χ3v) is 5.59. The molecule has 0 aliphatic heterocycles. The van der Waals surface area contributed by atoms with Gasteiger partial charge in [-0.15, -0.1) is 0 Å². The van der Waals surface area contributed by atoms with E-state index in [-0.39, 0.29) is 11.0 Å². The van der Waals surface area contributed by atoms with E-state index in [4.69, 9.17) is 4.18 Å². The quantitative estimate of drug-likeness (QED) is 0.793. The fraction of sp³-hybridized carbons (Fsp3) is 0.625. The summed E-state index contributed by atoms with van der Waals surface area (Å²) in [6.07, 6.45) is 2.85. The monoisotopic (exact) mass is 296 g/mol. The van der Waals surface area contributed by atoms with Crippen molar-refractivity contribution in [2.75, 3.05) is 0 Å². The number of hydrogen-bond donors (Lipinski definition) is 0. The molecule has 1 aromatic carbocycles. The molecule has 0 spiro atoms. The molecule has 20 heavy (non-hydrogen) atoms. The normalized spacial score (nSPS) is 27.7. The summed E-state index contributed by atoms with van der Waals surface area (Å²) in [5.74, 6) is 1.30. The summed E-state index contributed by atoms with van der Waals surface area (Å²) in [7, 11) is -3.65. The fourth-order valence-corrected chi connectivity index (χ4v) is 4.18. The van der Waals surface area contributed by atoms with Crippen LogP contribution in [0.25, 0.3) is 0 Å². The van der Waals surface area contributed by atoms with Gasteiger partial charge in [0.2, 0.25) is 0 Å². The lowest BCUT2D eigenvalue weighted by molar-refractivity contribution is 0.0511. The van der Waals surface area contributed by atoms with Gasteiger partial charge in [-0.3, -0.25) is 4.18 Å². The van der Waals surface area contributed by atoms with Gasteiger partial charge in [-0.05, 0) is 42.7 Å². The number of benzene rings is 1. The zero-order valence-electron chi connectivity index (χ0n) is 12.5. The van der Waals surface area contributed by atoms with Gasteiger partial charge in [0.15, 0.2) is 0 Å². The van der Waals surface area contributed by atoms with Gasteiger partial charge in [-0.1, -0.05) is 45.4 Å². The zero-order chi connectivity index (χ0) is 14.8. The first-order valence-corrected chi connectivity index (χ1v) is 8.79. The second-order valence-corrected chi connectivity index (χ2v) is 7.80. The number of hydrogen-bond acceptors (Lipinski definition) is 3. The third-order valence-electron chi connectivity index (χ3n) is 4.24. The molecule has 0 radical (unpaired) electrons. The first-order chi connectivity index (χ1) is 9.40. The Kier molecular flexibility index (Phi) is 4.86. The van der Waals surface area contributed by atoms with E-state index in [0.29, 0.717) is 17.8 Å². The first-order valence-electron chi connectivity index (χ1n) is 7.38. The Morgan fingerprint density at radius 1 is 1.15 bits per heavy atom. The Balaban J connectivity index is 2.18. The lowest BCUT2D eigenvalue weighted by atomic mass is 9.75. The van der Waals surface area contributed by atoms with Crippen molar-refractivity contribution in [3.8, 4) is 0 Å². The van der Waals surface area contributed by atoms with E-state index in [1.807, 2.05) is 0 Å². The Hall–Kier alpha value is -0.870. The minimum Gasteiger partial charge on any atom is -0.263 e. The molecule has 112 valence electrons. The Labute approximate surface area is 122 Å². The molecule has 1 aliphatic carbocycles. The minimum atomic E-state index is -3.65. The first kappa shape index (κ1) is 15.5. The molecule has 0 saturated heterocycles. The van der Waals surface area contributed by atoms with E-state index in [1.165, 1.54) is 0 Å². The predicted octanol–water partition coefficient (Wildman–Crippen LogP) is 3.85. The molecule has 1 fully saturated rings. The number of rotatable bonds is 4. The van der Waals surface area contributed by atoms with Gasteiger partial charge >= 0.3 is 0 Å². The van der Waals surface area contributed by atoms with Gasteiger partial charge in [0.25, 0.3) is 10.1 Å². The zero-order valence-corrected chi connectivity index (χ0v) is 13.3. The lowest BCUT2D eigenvalue weighted by Crippen LogP contribution is -2.35. The van der Waals surface area contributed by atoms with Gasteiger partial charge in [0.05, 0.1) is 11.0 Å². The van der Waals surface area contributed by atoms with Crippen molar-refractivity contribution in [3.63, 3.8) is 0 Å². The third kappa shape index (κ3) is 3.61. The van der Waals surface area contributed by atoms with Gasteiger partial charge in [-0.25, -0.2) is 0 Å². The standard InChI is InChI=1S/C16H24O3S/c1-12(2)15-10-9-13(3)11-16(15)19-20(17,18)14-7-5-4-6-8-14/h4-8,12-13,15-16H,9-11H2,1-3H3/t13-,15+,16-/m1/s1. The smallest absolute Gasteiger partial charge is 0.263 e. The van der Waals surface area contributed by atoms with Crippen LogP contribution in [0, 0.1) is 17.8 Å². The SMILES string of the molecule is CC(C)[C@@H]1CC[C@@H](C)C[C@H]1OS(=O)(=O)c1ccccc1. The Bertz CT molecular complexity index is 522. The van der Waals surface area contributed by atoms with E-state index in [1.54, 1.807) is 30.3 Å². The van der Waals surface area contributed by atoms with Crippen LogP contribution in [0.3, 0.4) is 0 Å². The highest BCUT2D eigenvalue weighted by atomic mass is 32.2. The summed E-state index contributed by atoms with van der Waals surface area (Å²) in [5, 5.41) is 0. The molecule has 0 aromatic heterocycles. The molecule has 2 rings (SSSR count). The van der Waals surface area contributed by atoms with Crippen LogP contribution in [0.4, 0.5) is 0 Å². The van der Waals surface area contributed by atoms with Crippen LogP contribution in [0.15, 0.2) is 35.2 Å². The summed E-state index contributed by atoms with van der Waals surface area (Å²) in [4.78, 5) is 0.251.